The van der Waals surface area contributed by atoms with Crippen molar-refractivity contribution < 1.29 is 39.3 Å². The summed E-state index contributed by atoms with van der Waals surface area (Å²) in [7, 11) is 0. The molecular formula is C20H33N9O8. The van der Waals surface area contributed by atoms with Crippen molar-refractivity contribution in [2.75, 3.05) is 6.54 Å². The minimum atomic E-state index is -1.72. The number of aliphatic hydroxyl groups is 1. The first-order valence-corrected chi connectivity index (χ1v) is 11.1. The molecule has 5 unspecified atom stereocenters. The van der Waals surface area contributed by atoms with Crippen LogP contribution in [0.2, 0.25) is 0 Å². The summed E-state index contributed by atoms with van der Waals surface area (Å²) in [6.07, 6.45) is 0.597. The standard InChI is InChI=1S/C20H33N9O8/c1-9(30)15(29-16(33)11(21)3-2-4-25-20(22)23)18(35)27-12(6-14(31)32)17(34)28-13(19(36)37)5-10-7-24-8-26-10/h7-9,11-13,15,30H,2-6,21H2,1H3,(H,24,26)(H,27,35)(H,28,34)(H,29,33)(H,31,32)(H,36,37)(H4,22,23,25). The van der Waals surface area contributed by atoms with Gasteiger partial charge in [0.25, 0.3) is 0 Å². The third-order valence-corrected chi connectivity index (χ3v) is 4.97. The van der Waals surface area contributed by atoms with Crippen LogP contribution in [0.5, 0.6) is 0 Å². The highest BCUT2D eigenvalue weighted by atomic mass is 16.4. The number of carboxylic acid groups (broad SMARTS) is 2. The largest absolute Gasteiger partial charge is 0.481 e. The molecule has 0 radical (unpaired) electrons. The summed E-state index contributed by atoms with van der Waals surface area (Å²) in [5, 5.41) is 35.2. The molecule has 3 amide bonds. The van der Waals surface area contributed by atoms with E-state index in [4.69, 9.17) is 17.2 Å². The van der Waals surface area contributed by atoms with Crippen LogP contribution in [0.15, 0.2) is 17.5 Å². The van der Waals surface area contributed by atoms with E-state index in [1.807, 2.05) is 0 Å². The average molecular weight is 528 g/mol. The fraction of sp³-hybridized carbons (Fsp3) is 0.550. The van der Waals surface area contributed by atoms with Gasteiger partial charge in [-0.15, -0.1) is 0 Å². The van der Waals surface area contributed by atoms with Gasteiger partial charge < -0.3 is 53.5 Å². The van der Waals surface area contributed by atoms with E-state index in [1.165, 1.54) is 19.4 Å². The van der Waals surface area contributed by atoms with E-state index in [0.717, 1.165) is 0 Å². The van der Waals surface area contributed by atoms with Crippen LogP contribution >= 0.6 is 0 Å². The zero-order valence-corrected chi connectivity index (χ0v) is 20.1. The monoisotopic (exact) mass is 527 g/mol. The van der Waals surface area contributed by atoms with Gasteiger partial charge >= 0.3 is 11.9 Å². The number of nitrogens with two attached hydrogens (primary N) is 3. The number of carbonyl (C=O) groups excluding carboxylic acids is 3. The quantitative estimate of drug-likeness (QED) is 0.0555. The second kappa shape index (κ2) is 15.0. The van der Waals surface area contributed by atoms with Gasteiger partial charge in [0.1, 0.15) is 18.1 Å². The number of carbonyl (C=O) groups is 5. The number of nitrogens with one attached hydrogen (secondary N) is 4. The Kier molecular flexibility index (Phi) is 12.5. The lowest BCUT2D eigenvalue weighted by molar-refractivity contribution is -0.143. The van der Waals surface area contributed by atoms with Crippen LogP contribution in [0.3, 0.4) is 0 Å². The number of aromatic amines is 1. The van der Waals surface area contributed by atoms with Crippen molar-refractivity contribution in [3.63, 3.8) is 0 Å². The molecular weight excluding hydrogens is 494 g/mol. The van der Waals surface area contributed by atoms with Crippen LogP contribution in [0.4, 0.5) is 0 Å². The van der Waals surface area contributed by atoms with Crippen molar-refractivity contribution in [3.8, 4) is 0 Å². The maximum atomic E-state index is 12.8. The summed E-state index contributed by atoms with van der Waals surface area (Å²) < 4.78 is 0. The number of H-pyrrole nitrogens is 1. The summed E-state index contributed by atoms with van der Waals surface area (Å²) in [5.74, 6) is -5.99. The SMILES string of the molecule is CC(O)C(NC(=O)C(N)CCCN=C(N)N)C(=O)NC(CC(=O)O)C(=O)NC(Cc1cnc[nH]1)C(=O)O. The second-order valence-corrected chi connectivity index (χ2v) is 8.12. The van der Waals surface area contributed by atoms with Crippen LogP contribution in [0, 0.1) is 0 Å². The number of aliphatic hydroxyl groups excluding tert-OH is 1. The normalized spacial score (nSPS) is 14.8. The Morgan fingerprint density at radius 1 is 1.05 bits per heavy atom. The number of imidazole rings is 1. The molecule has 0 aromatic carbocycles. The summed E-state index contributed by atoms with van der Waals surface area (Å²) in [4.78, 5) is 70.9. The second-order valence-electron chi connectivity index (χ2n) is 8.12. The number of amides is 3. The first kappa shape index (κ1) is 30.8. The Bertz CT molecular complexity index is 963. The van der Waals surface area contributed by atoms with Gasteiger partial charge in [0.15, 0.2) is 5.96 Å². The average Bonchev–Trinajstić information content (AvgIpc) is 3.31. The van der Waals surface area contributed by atoms with Gasteiger partial charge in [-0.25, -0.2) is 9.78 Å². The lowest BCUT2D eigenvalue weighted by Gasteiger charge is -2.26. The van der Waals surface area contributed by atoms with Crippen molar-refractivity contribution in [1.29, 1.82) is 0 Å². The molecule has 1 aromatic heterocycles. The molecule has 0 aliphatic heterocycles. The van der Waals surface area contributed by atoms with Gasteiger partial charge in [-0.2, -0.15) is 0 Å². The summed E-state index contributed by atoms with van der Waals surface area (Å²) >= 11 is 0. The van der Waals surface area contributed by atoms with Gasteiger partial charge in [0.2, 0.25) is 17.7 Å². The number of carboxylic acids is 2. The van der Waals surface area contributed by atoms with E-state index < -0.39 is 66.4 Å². The maximum Gasteiger partial charge on any atom is 0.326 e. The Balaban J connectivity index is 2.88. The fourth-order valence-corrected chi connectivity index (χ4v) is 3.05. The van der Waals surface area contributed by atoms with E-state index in [0.29, 0.717) is 12.1 Å². The highest BCUT2D eigenvalue weighted by Gasteiger charge is 2.33. The number of hydrogen-bond acceptors (Lipinski definition) is 9. The minimum absolute atomic E-state index is 0.125. The van der Waals surface area contributed by atoms with Gasteiger partial charge in [-0.3, -0.25) is 24.2 Å². The Morgan fingerprint density at radius 2 is 1.70 bits per heavy atom. The molecule has 37 heavy (non-hydrogen) atoms. The molecule has 0 aliphatic rings. The molecule has 17 heteroatoms. The molecule has 0 spiro atoms. The van der Waals surface area contributed by atoms with Crippen molar-refractivity contribution in [1.82, 2.24) is 25.9 Å². The van der Waals surface area contributed by atoms with Crippen LogP contribution in [-0.2, 0) is 30.4 Å². The van der Waals surface area contributed by atoms with E-state index in [9.17, 15) is 39.3 Å². The van der Waals surface area contributed by atoms with Crippen LogP contribution in [0.25, 0.3) is 0 Å². The third-order valence-electron chi connectivity index (χ3n) is 4.97. The molecule has 0 saturated heterocycles. The van der Waals surface area contributed by atoms with E-state index in [1.54, 1.807) is 0 Å². The highest BCUT2D eigenvalue weighted by molar-refractivity contribution is 5.95. The molecule has 0 fully saturated rings. The van der Waals surface area contributed by atoms with Crippen molar-refractivity contribution in [3.05, 3.63) is 18.2 Å². The topological polar surface area (TPSA) is 301 Å². The van der Waals surface area contributed by atoms with Gasteiger partial charge in [-0.1, -0.05) is 0 Å². The first-order chi connectivity index (χ1) is 17.3. The third kappa shape index (κ3) is 11.4. The number of guanidine groups is 1. The molecule has 1 rings (SSSR count). The molecule has 0 aliphatic carbocycles. The lowest BCUT2D eigenvalue weighted by atomic mass is 10.1. The van der Waals surface area contributed by atoms with Crippen molar-refractivity contribution in [2.45, 2.75) is 62.9 Å². The highest BCUT2D eigenvalue weighted by Crippen LogP contribution is 2.04. The number of aromatic nitrogens is 2. The molecule has 17 nitrogen and oxygen atoms in total. The molecule has 13 N–H and O–H groups in total. The number of aliphatic imine (C=N–C) groups is 1. The Hall–Kier alpha value is -4.25. The maximum absolute atomic E-state index is 12.8. The molecule has 1 heterocycles. The number of rotatable bonds is 16. The Labute approximate surface area is 211 Å². The number of aliphatic carboxylic acids is 2. The van der Waals surface area contributed by atoms with Crippen LogP contribution in [-0.4, -0.2) is 97.7 Å². The minimum Gasteiger partial charge on any atom is -0.481 e. The van der Waals surface area contributed by atoms with Crippen LogP contribution < -0.4 is 33.2 Å². The molecule has 1 aromatic rings. The zero-order valence-electron chi connectivity index (χ0n) is 20.1. The van der Waals surface area contributed by atoms with Crippen molar-refractivity contribution >= 4 is 35.6 Å². The molecule has 206 valence electrons. The zero-order chi connectivity index (χ0) is 28.1. The summed E-state index contributed by atoms with van der Waals surface area (Å²) in [5.41, 5.74) is 16.6. The van der Waals surface area contributed by atoms with Crippen molar-refractivity contribution in [2.24, 2.45) is 22.2 Å². The van der Waals surface area contributed by atoms with Crippen LogP contribution in [0.1, 0.15) is 31.9 Å². The molecule has 0 saturated carbocycles. The predicted molar refractivity (Wildman–Crippen MR) is 128 cm³/mol. The van der Waals surface area contributed by atoms with E-state index >= 15 is 0 Å². The number of nitrogens with zero attached hydrogens (tertiary/aromatic N) is 2. The molecule has 0 bridgehead atoms. The number of hydrogen-bond donors (Lipinski definition) is 10. The molecule has 5 atom stereocenters. The lowest BCUT2D eigenvalue weighted by Crippen LogP contribution is -2.60. The van der Waals surface area contributed by atoms with E-state index in [2.05, 4.69) is 30.9 Å². The predicted octanol–water partition coefficient (Wildman–Crippen LogP) is -4.27. The first-order valence-electron chi connectivity index (χ1n) is 11.1. The summed E-state index contributed by atoms with van der Waals surface area (Å²) in [6, 6.07) is -5.87. The van der Waals surface area contributed by atoms with Gasteiger partial charge in [0.05, 0.1) is 24.9 Å². The smallest absolute Gasteiger partial charge is 0.326 e. The Morgan fingerprint density at radius 3 is 2.22 bits per heavy atom. The summed E-state index contributed by atoms with van der Waals surface area (Å²) in [6.45, 7) is 1.40. The van der Waals surface area contributed by atoms with Gasteiger partial charge in [0, 0.05) is 24.9 Å². The van der Waals surface area contributed by atoms with E-state index in [-0.39, 0.29) is 25.3 Å². The van der Waals surface area contributed by atoms with Gasteiger partial charge in [-0.05, 0) is 19.8 Å². The fourth-order valence-electron chi connectivity index (χ4n) is 3.05.